The second kappa shape index (κ2) is 7.45. The second-order valence-corrected chi connectivity index (χ2v) is 7.64. The lowest BCUT2D eigenvalue weighted by molar-refractivity contribution is 0.0737. The van der Waals surface area contributed by atoms with Gasteiger partial charge in [-0.3, -0.25) is 0 Å². The molecule has 1 unspecified atom stereocenters. The van der Waals surface area contributed by atoms with E-state index < -0.39 is 0 Å². The van der Waals surface area contributed by atoms with Gasteiger partial charge in [-0.2, -0.15) is 0 Å². The first kappa shape index (κ1) is 17.0. The Morgan fingerprint density at radius 3 is 2.24 bits per heavy atom. The molecule has 2 aliphatic rings. The maximum atomic E-state index is 6.45. The SMILES string of the molecule is Clc1ccc(C(Oc2ccc(Cl)cc2OC2CNC2)C2CCC2)cc1. The van der Waals surface area contributed by atoms with Gasteiger partial charge in [0.1, 0.15) is 12.2 Å². The van der Waals surface area contributed by atoms with Crippen LogP contribution in [0.5, 0.6) is 11.5 Å². The van der Waals surface area contributed by atoms with Gasteiger partial charge in [-0.05, 0) is 42.7 Å². The molecule has 1 aliphatic heterocycles. The molecule has 4 rings (SSSR count). The minimum absolute atomic E-state index is 0.00839. The van der Waals surface area contributed by atoms with Crippen LogP contribution in [-0.4, -0.2) is 19.2 Å². The summed E-state index contributed by atoms with van der Waals surface area (Å²) in [6.45, 7) is 1.71. The van der Waals surface area contributed by atoms with Gasteiger partial charge in [0.15, 0.2) is 11.5 Å². The molecule has 1 saturated heterocycles. The number of hydrogen-bond acceptors (Lipinski definition) is 3. The number of rotatable bonds is 6. The summed E-state index contributed by atoms with van der Waals surface area (Å²) in [4.78, 5) is 0. The second-order valence-electron chi connectivity index (χ2n) is 6.77. The quantitative estimate of drug-likeness (QED) is 0.743. The van der Waals surface area contributed by atoms with Crippen molar-refractivity contribution >= 4 is 23.2 Å². The van der Waals surface area contributed by atoms with Crippen molar-refractivity contribution in [1.82, 2.24) is 5.32 Å². The van der Waals surface area contributed by atoms with E-state index in [4.69, 9.17) is 32.7 Å². The standard InChI is InChI=1S/C20H21Cl2NO2/c21-15-6-4-14(5-7-15)20(13-2-1-3-13)25-18-9-8-16(22)10-19(18)24-17-11-23-12-17/h4-10,13,17,20,23H,1-3,11-12H2. The summed E-state index contributed by atoms with van der Waals surface area (Å²) < 4.78 is 12.5. The smallest absolute Gasteiger partial charge is 0.163 e. The maximum absolute atomic E-state index is 6.45. The van der Waals surface area contributed by atoms with Crippen LogP contribution in [0.15, 0.2) is 42.5 Å². The summed E-state index contributed by atoms with van der Waals surface area (Å²) >= 11 is 12.2. The molecule has 3 nitrogen and oxygen atoms in total. The average molecular weight is 378 g/mol. The summed E-state index contributed by atoms with van der Waals surface area (Å²) in [6.07, 6.45) is 3.82. The van der Waals surface area contributed by atoms with Crippen LogP contribution in [0, 0.1) is 5.92 Å². The number of ether oxygens (including phenoxy) is 2. The Labute approximate surface area is 158 Å². The zero-order valence-corrected chi connectivity index (χ0v) is 15.4. The van der Waals surface area contributed by atoms with Gasteiger partial charge in [0.05, 0.1) is 0 Å². The molecular weight excluding hydrogens is 357 g/mol. The predicted molar refractivity (Wildman–Crippen MR) is 101 cm³/mol. The average Bonchev–Trinajstić information content (AvgIpc) is 2.51. The van der Waals surface area contributed by atoms with Crippen LogP contribution in [0.2, 0.25) is 10.0 Å². The molecule has 1 atom stereocenters. The maximum Gasteiger partial charge on any atom is 0.163 e. The van der Waals surface area contributed by atoms with E-state index in [1.807, 2.05) is 30.3 Å². The summed E-state index contributed by atoms with van der Waals surface area (Å²) in [7, 11) is 0. The van der Waals surface area contributed by atoms with Crippen LogP contribution in [0.4, 0.5) is 0 Å². The van der Waals surface area contributed by atoms with E-state index in [0.29, 0.717) is 10.9 Å². The van der Waals surface area contributed by atoms with Crippen LogP contribution in [-0.2, 0) is 0 Å². The molecule has 132 valence electrons. The van der Waals surface area contributed by atoms with E-state index in [1.54, 1.807) is 0 Å². The molecule has 1 heterocycles. The fourth-order valence-electron chi connectivity index (χ4n) is 3.16. The van der Waals surface area contributed by atoms with Crippen LogP contribution < -0.4 is 14.8 Å². The third-order valence-corrected chi connectivity index (χ3v) is 5.46. The fraction of sp³-hybridized carbons (Fsp3) is 0.400. The van der Waals surface area contributed by atoms with Crippen molar-refractivity contribution in [3.05, 3.63) is 58.1 Å². The first-order chi connectivity index (χ1) is 12.2. The molecule has 0 amide bonds. The molecule has 0 spiro atoms. The van der Waals surface area contributed by atoms with Crippen molar-refractivity contribution in [2.45, 2.75) is 31.5 Å². The van der Waals surface area contributed by atoms with Gasteiger partial charge in [0.25, 0.3) is 0 Å². The zero-order chi connectivity index (χ0) is 17.2. The molecule has 2 aromatic carbocycles. The highest BCUT2D eigenvalue weighted by atomic mass is 35.5. The Hall–Kier alpha value is -1.42. The third-order valence-electron chi connectivity index (χ3n) is 4.97. The van der Waals surface area contributed by atoms with Gasteiger partial charge < -0.3 is 14.8 Å². The molecule has 1 aliphatic carbocycles. The van der Waals surface area contributed by atoms with Gasteiger partial charge >= 0.3 is 0 Å². The molecule has 2 aromatic rings. The Balaban J connectivity index is 1.59. The zero-order valence-electron chi connectivity index (χ0n) is 13.9. The van der Waals surface area contributed by atoms with Gasteiger partial charge in [0, 0.05) is 35.1 Å². The van der Waals surface area contributed by atoms with Gasteiger partial charge in [-0.1, -0.05) is 41.8 Å². The first-order valence-electron chi connectivity index (χ1n) is 8.78. The van der Waals surface area contributed by atoms with Crippen molar-refractivity contribution in [3.8, 4) is 11.5 Å². The highest BCUT2D eigenvalue weighted by Crippen LogP contribution is 2.43. The largest absolute Gasteiger partial charge is 0.484 e. The minimum atomic E-state index is 0.00839. The van der Waals surface area contributed by atoms with Gasteiger partial charge in [0.2, 0.25) is 0 Å². The molecule has 25 heavy (non-hydrogen) atoms. The van der Waals surface area contributed by atoms with E-state index in [0.717, 1.165) is 35.2 Å². The monoisotopic (exact) mass is 377 g/mol. The highest BCUT2D eigenvalue weighted by molar-refractivity contribution is 6.31. The van der Waals surface area contributed by atoms with Crippen LogP contribution >= 0.6 is 23.2 Å². The molecule has 5 heteroatoms. The van der Waals surface area contributed by atoms with Crippen LogP contribution in [0.3, 0.4) is 0 Å². The summed E-state index contributed by atoms with van der Waals surface area (Å²) in [5.41, 5.74) is 1.15. The predicted octanol–water partition coefficient (Wildman–Crippen LogP) is 5.26. The van der Waals surface area contributed by atoms with Crippen LogP contribution in [0.25, 0.3) is 0 Å². The topological polar surface area (TPSA) is 30.5 Å². The summed E-state index contributed by atoms with van der Waals surface area (Å²) in [5.74, 6) is 2.00. The van der Waals surface area contributed by atoms with E-state index in [9.17, 15) is 0 Å². The van der Waals surface area contributed by atoms with Crippen molar-refractivity contribution in [2.24, 2.45) is 5.92 Å². The Bertz CT molecular complexity index is 727. The lowest BCUT2D eigenvalue weighted by Crippen LogP contribution is -2.50. The van der Waals surface area contributed by atoms with Crippen molar-refractivity contribution in [1.29, 1.82) is 0 Å². The number of hydrogen-bond donors (Lipinski definition) is 1. The number of benzene rings is 2. The Morgan fingerprint density at radius 2 is 1.64 bits per heavy atom. The van der Waals surface area contributed by atoms with E-state index in [1.165, 1.54) is 19.3 Å². The molecule has 1 N–H and O–H groups in total. The highest BCUT2D eigenvalue weighted by Gasteiger charge is 2.31. The summed E-state index contributed by atoms with van der Waals surface area (Å²) in [6, 6.07) is 13.5. The van der Waals surface area contributed by atoms with Crippen molar-refractivity contribution in [3.63, 3.8) is 0 Å². The van der Waals surface area contributed by atoms with E-state index in [-0.39, 0.29) is 12.2 Å². The third kappa shape index (κ3) is 3.89. The van der Waals surface area contributed by atoms with Gasteiger partial charge in [-0.25, -0.2) is 0 Å². The normalized spacial score (nSPS) is 19.0. The molecule has 0 aromatic heterocycles. The van der Waals surface area contributed by atoms with Crippen molar-refractivity contribution in [2.75, 3.05) is 13.1 Å². The Morgan fingerprint density at radius 1 is 0.920 bits per heavy atom. The number of halogens is 2. The molecule has 1 saturated carbocycles. The lowest BCUT2D eigenvalue weighted by atomic mass is 9.78. The first-order valence-corrected chi connectivity index (χ1v) is 9.54. The summed E-state index contributed by atoms with van der Waals surface area (Å²) in [5, 5.41) is 4.61. The molecule has 2 fully saturated rings. The fourth-order valence-corrected chi connectivity index (χ4v) is 3.45. The molecule has 0 bridgehead atoms. The molecule has 0 radical (unpaired) electrons. The number of nitrogens with one attached hydrogen (secondary N) is 1. The lowest BCUT2D eigenvalue weighted by Gasteiger charge is -2.35. The molecular formula is C20H21Cl2NO2. The van der Waals surface area contributed by atoms with E-state index >= 15 is 0 Å². The minimum Gasteiger partial charge on any atom is -0.484 e. The Kier molecular flexibility index (Phi) is 5.07. The van der Waals surface area contributed by atoms with Gasteiger partial charge in [-0.15, -0.1) is 0 Å². The van der Waals surface area contributed by atoms with Crippen LogP contribution in [0.1, 0.15) is 30.9 Å². The van der Waals surface area contributed by atoms with E-state index in [2.05, 4.69) is 17.4 Å². The van der Waals surface area contributed by atoms with Crippen molar-refractivity contribution < 1.29 is 9.47 Å².